The summed E-state index contributed by atoms with van der Waals surface area (Å²) in [7, 11) is 0. The van der Waals surface area contributed by atoms with Crippen LogP contribution in [0.15, 0.2) is 17.1 Å². The first-order valence-corrected chi connectivity index (χ1v) is 7.58. The molecular formula is C14H21N3O5. The van der Waals surface area contributed by atoms with Gasteiger partial charge in [0, 0.05) is 12.2 Å². The van der Waals surface area contributed by atoms with E-state index in [1.54, 1.807) is 6.07 Å². The normalized spacial score (nSPS) is 32.5. The van der Waals surface area contributed by atoms with Crippen LogP contribution in [0.5, 0.6) is 0 Å². The maximum atomic E-state index is 12.1. The van der Waals surface area contributed by atoms with Gasteiger partial charge in [-0.15, -0.1) is 0 Å². The fourth-order valence-corrected chi connectivity index (χ4v) is 3.08. The molecule has 0 bridgehead atoms. The van der Waals surface area contributed by atoms with Crippen molar-refractivity contribution in [2.24, 2.45) is 0 Å². The van der Waals surface area contributed by atoms with Crippen LogP contribution in [0.4, 0.5) is 5.82 Å². The van der Waals surface area contributed by atoms with Gasteiger partial charge < -0.3 is 25.4 Å². The summed E-state index contributed by atoms with van der Waals surface area (Å²) in [6.07, 6.45) is 1.49. The first kappa shape index (κ1) is 15.4. The SMILES string of the molecule is O=c1nc(NC2CCCC2)ccn1[C@@H]1O[C@H](CO)[C@@H](O)[C@H]1O. The van der Waals surface area contributed by atoms with Crippen molar-refractivity contribution in [1.29, 1.82) is 0 Å². The molecule has 1 aliphatic carbocycles. The van der Waals surface area contributed by atoms with Crippen molar-refractivity contribution in [3.63, 3.8) is 0 Å². The Labute approximate surface area is 127 Å². The van der Waals surface area contributed by atoms with Crippen LogP contribution in [-0.4, -0.2) is 55.8 Å². The van der Waals surface area contributed by atoms with Crippen LogP contribution in [0.3, 0.4) is 0 Å². The Balaban J connectivity index is 1.76. The number of nitrogens with one attached hydrogen (secondary N) is 1. The van der Waals surface area contributed by atoms with Gasteiger partial charge in [0.05, 0.1) is 6.61 Å². The molecule has 0 spiro atoms. The van der Waals surface area contributed by atoms with E-state index in [0.717, 1.165) is 17.4 Å². The number of aliphatic hydroxyl groups is 3. The topological polar surface area (TPSA) is 117 Å². The standard InChI is InChI=1S/C14H21N3O5/c18-7-9-11(19)12(20)13(22-9)17-6-5-10(16-14(17)21)15-8-3-1-2-4-8/h5-6,8-9,11-13,18-20H,1-4,7H2,(H,15,16,21)/t9-,11-,12-,13-/m1/s1. The third-order valence-corrected chi connectivity index (χ3v) is 4.33. The number of nitrogens with zero attached hydrogens (tertiary/aromatic N) is 2. The highest BCUT2D eigenvalue weighted by Crippen LogP contribution is 2.28. The van der Waals surface area contributed by atoms with Crippen molar-refractivity contribution in [1.82, 2.24) is 9.55 Å². The Morgan fingerprint density at radius 1 is 1.32 bits per heavy atom. The van der Waals surface area contributed by atoms with Crippen molar-refractivity contribution >= 4 is 5.82 Å². The molecule has 2 aliphatic rings. The van der Waals surface area contributed by atoms with E-state index in [2.05, 4.69) is 10.3 Å². The number of rotatable bonds is 4. The first-order valence-electron chi connectivity index (χ1n) is 7.58. The molecule has 1 aromatic rings. The minimum atomic E-state index is -1.29. The van der Waals surface area contributed by atoms with Gasteiger partial charge >= 0.3 is 5.69 Å². The minimum absolute atomic E-state index is 0.344. The molecule has 0 radical (unpaired) electrons. The molecule has 8 heteroatoms. The van der Waals surface area contributed by atoms with Gasteiger partial charge in [0.2, 0.25) is 0 Å². The molecule has 4 atom stereocenters. The lowest BCUT2D eigenvalue weighted by atomic mass is 10.1. The average Bonchev–Trinajstić information content (AvgIpc) is 3.10. The number of hydrogen-bond acceptors (Lipinski definition) is 7. The van der Waals surface area contributed by atoms with Crippen LogP contribution >= 0.6 is 0 Å². The predicted octanol–water partition coefficient (Wildman–Crippen LogP) is -0.791. The Kier molecular flexibility index (Phi) is 4.44. The van der Waals surface area contributed by atoms with Crippen LogP contribution < -0.4 is 11.0 Å². The molecule has 122 valence electrons. The average molecular weight is 311 g/mol. The predicted molar refractivity (Wildman–Crippen MR) is 77.4 cm³/mol. The van der Waals surface area contributed by atoms with E-state index >= 15 is 0 Å². The summed E-state index contributed by atoms with van der Waals surface area (Å²) in [4.78, 5) is 16.1. The highest BCUT2D eigenvalue weighted by molar-refractivity contribution is 5.33. The van der Waals surface area contributed by atoms with Crippen molar-refractivity contribution in [2.45, 2.75) is 56.3 Å². The number of ether oxygens (including phenoxy) is 1. The van der Waals surface area contributed by atoms with E-state index in [9.17, 15) is 15.0 Å². The molecule has 4 N–H and O–H groups in total. The summed E-state index contributed by atoms with van der Waals surface area (Å²) >= 11 is 0. The van der Waals surface area contributed by atoms with Gasteiger partial charge in [0.25, 0.3) is 0 Å². The highest BCUT2D eigenvalue weighted by atomic mass is 16.6. The second-order valence-corrected chi connectivity index (χ2v) is 5.86. The van der Waals surface area contributed by atoms with Gasteiger partial charge in [-0.2, -0.15) is 4.98 Å². The molecule has 2 fully saturated rings. The van der Waals surface area contributed by atoms with Crippen molar-refractivity contribution in [2.75, 3.05) is 11.9 Å². The summed E-state index contributed by atoms with van der Waals surface area (Å²) in [6, 6.07) is 1.99. The highest BCUT2D eigenvalue weighted by Gasteiger charge is 2.43. The fraction of sp³-hybridized carbons (Fsp3) is 0.714. The van der Waals surface area contributed by atoms with Crippen molar-refractivity contribution in [3.05, 3.63) is 22.7 Å². The minimum Gasteiger partial charge on any atom is -0.394 e. The van der Waals surface area contributed by atoms with E-state index in [4.69, 9.17) is 9.84 Å². The molecule has 1 saturated heterocycles. The van der Waals surface area contributed by atoms with Gasteiger partial charge in [-0.25, -0.2) is 4.79 Å². The third-order valence-electron chi connectivity index (χ3n) is 4.33. The van der Waals surface area contributed by atoms with Crippen LogP contribution in [0.1, 0.15) is 31.9 Å². The molecule has 2 heterocycles. The molecule has 1 aliphatic heterocycles. The number of aliphatic hydroxyl groups excluding tert-OH is 3. The van der Waals surface area contributed by atoms with Crippen molar-refractivity contribution < 1.29 is 20.1 Å². The van der Waals surface area contributed by atoms with Gasteiger partial charge in [-0.05, 0) is 18.9 Å². The monoisotopic (exact) mass is 311 g/mol. The van der Waals surface area contributed by atoms with Crippen LogP contribution in [0.25, 0.3) is 0 Å². The molecule has 1 saturated carbocycles. The molecule has 3 rings (SSSR count). The first-order chi connectivity index (χ1) is 10.6. The van der Waals surface area contributed by atoms with Gasteiger partial charge in [0.1, 0.15) is 24.1 Å². The Hall–Kier alpha value is -1.48. The molecule has 0 unspecified atom stereocenters. The second-order valence-electron chi connectivity index (χ2n) is 5.86. The Morgan fingerprint density at radius 3 is 2.64 bits per heavy atom. The quantitative estimate of drug-likeness (QED) is 0.575. The third kappa shape index (κ3) is 2.87. The maximum Gasteiger partial charge on any atom is 0.351 e. The van der Waals surface area contributed by atoms with E-state index in [1.165, 1.54) is 19.0 Å². The lowest BCUT2D eigenvalue weighted by Crippen LogP contribution is -2.36. The van der Waals surface area contributed by atoms with Crippen LogP contribution in [0, 0.1) is 0 Å². The molecule has 8 nitrogen and oxygen atoms in total. The van der Waals surface area contributed by atoms with Crippen molar-refractivity contribution in [3.8, 4) is 0 Å². The molecule has 0 aromatic carbocycles. The zero-order valence-corrected chi connectivity index (χ0v) is 12.1. The zero-order valence-electron chi connectivity index (χ0n) is 12.1. The summed E-state index contributed by atoms with van der Waals surface area (Å²) in [6.45, 7) is -0.432. The molecular weight excluding hydrogens is 290 g/mol. The lowest BCUT2D eigenvalue weighted by Gasteiger charge is -2.18. The van der Waals surface area contributed by atoms with Gasteiger partial charge in [-0.3, -0.25) is 4.57 Å². The van der Waals surface area contributed by atoms with E-state index in [0.29, 0.717) is 11.9 Å². The molecule has 0 amide bonds. The summed E-state index contributed by atoms with van der Waals surface area (Å²) in [5.74, 6) is 0.500. The van der Waals surface area contributed by atoms with Gasteiger partial charge in [0.15, 0.2) is 6.23 Å². The number of hydrogen-bond donors (Lipinski definition) is 4. The Bertz CT molecular complexity index is 572. The number of aromatic nitrogens is 2. The lowest BCUT2D eigenvalue weighted by molar-refractivity contribution is -0.0549. The fourth-order valence-electron chi connectivity index (χ4n) is 3.08. The summed E-state index contributed by atoms with van der Waals surface area (Å²) in [5.41, 5.74) is -0.571. The zero-order chi connectivity index (χ0) is 15.7. The second kappa shape index (κ2) is 6.33. The number of anilines is 1. The van der Waals surface area contributed by atoms with E-state index in [1.807, 2.05) is 0 Å². The molecule has 1 aromatic heterocycles. The van der Waals surface area contributed by atoms with Crippen LogP contribution in [-0.2, 0) is 4.74 Å². The van der Waals surface area contributed by atoms with E-state index in [-0.39, 0.29) is 0 Å². The van der Waals surface area contributed by atoms with Crippen LogP contribution in [0.2, 0.25) is 0 Å². The maximum absolute atomic E-state index is 12.1. The summed E-state index contributed by atoms with van der Waals surface area (Å²) < 4.78 is 6.46. The Morgan fingerprint density at radius 2 is 2.05 bits per heavy atom. The summed E-state index contributed by atoms with van der Waals surface area (Å²) in [5, 5.41) is 32.0. The van der Waals surface area contributed by atoms with E-state index < -0.39 is 36.8 Å². The van der Waals surface area contributed by atoms with Gasteiger partial charge in [-0.1, -0.05) is 12.8 Å². The smallest absolute Gasteiger partial charge is 0.351 e. The molecule has 22 heavy (non-hydrogen) atoms. The largest absolute Gasteiger partial charge is 0.394 e.